The van der Waals surface area contributed by atoms with Crippen molar-refractivity contribution in [3.8, 4) is 0 Å². The van der Waals surface area contributed by atoms with E-state index in [0.29, 0.717) is 4.57 Å². The number of hydrogen-bond donors (Lipinski definition) is 1. The molecule has 0 aromatic carbocycles. The number of nitrogens with zero attached hydrogens (tertiary/aromatic N) is 2. The smallest absolute Gasteiger partial charge is 0.444 e. The van der Waals surface area contributed by atoms with Crippen LogP contribution < -0.4 is 16.6 Å². The van der Waals surface area contributed by atoms with Crippen molar-refractivity contribution in [3.63, 3.8) is 0 Å². The van der Waals surface area contributed by atoms with Crippen molar-refractivity contribution in [1.82, 2.24) is 14.5 Å². The lowest BCUT2D eigenvalue weighted by Crippen LogP contribution is -2.48. The van der Waals surface area contributed by atoms with Gasteiger partial charge in [-0.25, -0.2) is 46.5 Å². The molecule has 0 bridgehead atoms. The van der Waals surface area contributed by atoms with E-state index in [0.717, 1.165) is 16.8 Å². The van der Waals surface area contributed by atoms with Crippen LogP contribution in [0.3, 0.4) is 0 Å². The van der Waals surface area contributed by atoms with Crippen molar-refractivity contribution in [2.75, 3.05) is 40.1 Å². The summed E-state index contributed by atoms with van der Waals surface area (Å²) in [6, 6.07) is -0.184. The van der Waals surface area contributed by atoms with Gasteiger partial charge in [0.25, 0.3) is 5.56 Å². The molecule has 1 aromatic rings. The van der Waals surface area contributed by atoms with Gasteiger partial charge < -0.3 is 38.5 Å². The first kappa shape index (κ1) is 44.1. The summed E-state index contributed by atoms with van der Waals surface area (Å²) >= 11 is 0. The van der Waals surface area contributed by atoms with Crippen LogP contribution in [0.25, 0.3) is 0 Å². The number of rotatable bonds is 18. The predicted molar refractivity (Wildman–Crippen MR) is 173 cm³/mol. The molecule has 1 aromatic heterocycles. The van der Waals surface area contributed by atoms with Crippen LogP contribution in [0.5, 0.6) is 0 Å². The Kier molecular flexibility index (Phi) is 16.7. The van der Waals surface area contributed by atoms with Crippen LogP contribution in [0.1, 0.15) is 68.0 Å². The second kappa shape index (κ2) is 19.7. The van der Waals surface area contributed by atoms with Crippen LogP contribution in [0.2, 0.25) is 0 Å². The summed E-state index contributed by atoms with van der Waals surface area (Å²) in [6.07, 6.45) is -3.46. The average molecular weight is 772 g/mol. The number of ether oxygens (including phenoxy) is 7. The van der Waals surface area contributed by atoms with Crippen molar-refractivity contribution < 1.29 is 74.9 Å². The van der Waals surface area contributed by atoms with Gasteiger partial charge in [0.2, 0.25) is 13.6 Å². The second-order valence-electron chi connectivity index (χ2n) is 12.6. The number of hydrogen-bond acceptors (Lipinski definition) is 17. The fourth-order valence-electron chi connectivity index (χ4n) is 4.56. The van der Waals surface area contributed by atoms with Gasteiger partial charge in [0.05, 0.1) is 19.8 Å². The summed E-state index contributed by atoms with van der Waals surface area (Å²) < 4.78 is 79.5. The number of carbonyl (C=O) groups is 4. The van der Waals surface area contributed by atoms with E-state index in [1.165, 1.54) is 13.8 Å². The summed E-state index contributed by atoms with van der Waals surface area (Å²) in [7, 11) is -4.78. The van der Waals surface area contributed by atoms with Gasteiger partial charge in [0.15, 0.2) is 6.73 Å². The molecule has 1 aliphatic heterocycles. The van der Waals surface area contributed by atoms with Gasteiger partial charge in [-0.15, -0.1) is 0 Å². The Labute approximate surface area is 298 Å². The van der Waals surface area contributed by atoms with Crippen LogP contribution in [0.4, 0.5) is 18.8 Å². The number of phosphoric acid groups is 1. The monoisotopic (exact) mass is 771 g/mol. The molecule has 0 spiro atoms. The number of alkyl carbamates (subject to hydrolysis) is 1. The maximum absolute atomic E-state index is 14.7. The molecule has 52 heavy (non-hydrogen) atoms. The second-order valence-corrected chi connectivity index (χ2v) is 14.3. The summed E-state index contributed by atoms with van der Waals surface area (Å²) in [5, 5.41) is 2.41. The Morgan fingerprint density at radius 2 is 1.58 bits per heavy atom. The molecule has 20 nitrogen and oxygen atoms in total. The zero-order valence-corrected chi connectivity index (χ0v) is 31.2. The van der Waals surface area contributed by atoms with Crippen LogP contribution in [-0.2, 0) is 62.8 Å². The Morgan fingerprint density at radius 3 is 2.08 bits per heavy atom. The molecule has 0 radical (unpaired) electrons. The predicted octanol–water partition coefficient (Wildman–Crippen LogP) is 3.74. The number of aromatic nitrogens is 2. The van der Waals surface area contributed by atoms with E-state index in [-0.39, 0.29) is 19.6 Å². The SMILES string of the molecule is CCOC(=O)OCOP(=O)(OCOC(=O)OCC)OC[C@]1(CF)C[C@H](C)[C@H](n2ccc(=O)n(COC(=O)C(NC(=O)OC(C)(C)C)C(C)C)c2=O)O1. The number of esters is 1. The topological polar surface area (TPSA) is 234 Å². The fraction of sp³-hybridized carbons (Fsp3) is 0.733. The maximum atomic E-state index is 14.7. The standard InChI is InChI=1S/C30H47FN3O17P/c1-9-42-27(39)45-17-48-52(41,49-18-46-28(40)43-10-2)47-15-30(14-31)13-20(5)23(50-30)33-12-11-21(35)34(26(33)38)16-44-24(36)22(19(3)4)32-25(37)51-29(6,7)8/h11-12,19-20,22-23H,9-10,13-18H2,1-8H3,(H,32,37)/t20-,22?,23+,30+/m0/s1. The van der Waals surface area contributed by atoms with Gasteiger partial charge in [-0.05, 0) is 47.0 Å². The zero-order valence-electron chi connectivity index (χ0n) is 30.3. The first-order valence-corrected chi connectivity index (χ1v) is 17.6. The summed E-state index contributed by atoms with van der Waals surface area (Å²) in [4.78, 5) is 74.4. The normalized spacial score (nSPS) is 19.4. The lowest BCUT2D eigenvalue weighted by molar-refractivity contribution is -0.151. The van der Waals surface area contributed by atoms with Gasteiger partial charge in [0, 0.05) is 18.2 Å². The van der Waals surface area contributed by atoms with E-state index in [1.807, 2.05) is 0 Å². The first-order chi connectivity index (χ1) is 24.3. The molecule has 4 atom stereocenters. The van der Waals surface area contributed by atoms with Gasteiger partial charge in [-0.3, -0.25) is 13.9 Å². The minimum atomic E-state index is -4.78. The molecular weight excluding hydrogens is 724 g/mol. The summed E-state index contributed by atoms with van der Waals surface area (Å²) in [5.74, 6) is -2.04. The average Bonchev–Trinajstić information content (AvgIpc) is 3.38. The minimum absolute atomic E-state index is 0.0374. The van der Waals surface area contributed by atoms with E-state index < -0.39 is 112 Å². The highest BCUT2D eigenvalue weighted by atomic mass is 31.2. The van der Waals surface area contributed by atoms with Gasteiger partial charge >= 0.3 is 37.9 Å². The lowest BCUT2D eigenvalue weighted by atomic mass is 9.96. The molecule has 1 saturated heterocycles. The van der Waals surface area contributed by atoms with Crippen molar-refractivity contribution in [1.29, 1.82) is 0 Å². The third-order valence-electron chi connectivity index (χ3n) is 6.88. The van der Waals surface area contributed by atoms with E-state index in [9.17, 15) is 37.7 Å². The van der Waals surface area contributed by atoms with Crippen LogP contribution in [0, 0.1) is 11.8 Å². The largest absolute Gasteiger partial charge is 0.510 e. The third-order valence-corrected chi connectivity index (χ3v) is 8.17. The van der Waals surface area contributed by atoms with E-state index in [2.05, 4.69) is 24.3 Å². The highest BCUT2D eigenvalue weighted by Gasteiger charge is 2.48. The Morgan fingerprint density at radius 1 is 1.00 bits per heavy atom. The van der Waals surface area contributed by atoms with Crippen molar-refractivity contribution in [2.24, 2.45) is 11.8 Å². The Bertz CT molecular complexity index is 1520. The molecule has 1 unspecified atom stereocenters. The number of carbonyl (C=O) groups excluding carboxylic acids is 4. The molecule has 1 aliphatic rings. The van der Waals surface area contributed by atoms with E-state index in [4.69, 9.17) is 27.8 Å². The quantitative estimate of drug-likeness (QED) is 0.0969. The van der Waals surface area contributed by atoms with Gasteiger partial charge in [0.1, 0.15) is 30.1 Å². The third kappa shape index (κ3) is 13.5. The van der Waals surface area contributed by atoms with Crippen LogP contribution in [-0.4, -0.2) is 90.8 Å². The molecule has 1 amide bonds. The van der Waals surface area contributed by atoms with Crippen LogP contribution >= 0.6 is 7.82 Å². The molecule has 2 rings (SSSR count). The first-order valence-electron chi connectivity index (χ1n) is 16.1. The number of halogens is 1. The maximum Gasteiger partial charge on any atom is 0.510 e. The molecule has 1 fully saturated rings. The number of alkyl halides is 1. The number of amides is 1. The number of phosphoric ester groups is 1. The van der Waals surface area contributed by atoms with Crippen molar-refractivity contribution >= 4 is 32.2 Å². The molecule has 22 heteroatoms. The van der Waals surface area contributed by atoms with E-state index in [1.54, 1.807) is 41.5 Å². The highest BCUT2D eigenvalue weighted by Crippen LogP contribution is 2.52. The Balaban J connectivity index is 2.22. The van der Waals surface area contributed by atoms with Gasteiger partial charge in [-0.2, -0.15) is 0 Å². The summed E-state index contributed by atoms with van der Waals surface area (Å²) in [5.41, 5.74) is -4.53. The lowest BCUT2D eigenvalue weighted by Gasteiger charge is -2.28. The highest BCUT2D eigenvalue weighted by molar-refractivity contribution is 7.48. The Hall–Kier alpha value is -4.04. The molecule has 296 valence electrons. The zero-order chi connectivity index (χ0) is 39.3. The van der Waals surface area contributed by atoms with Gasteiger partial charge in [-0.1, -0.05) is 20.8 Å². The minimum Gasteiger partial charge on any atom is -0.444 e. The van der Waals surface area contributed by atoms with Crippen molar-refractivity contribution in [3.05, 3.63) is 33.1 Å². The molecule has 0 aliphatic carbocycles. The molecule has 0 saturated carbocycles. The number of nitrogens with one attached hydrogen (secondary N) is 1. The fourth-order valence-corrected chi connectivity index (χ4v) is 5.54. The van der Waals surface area contributed by atoms with E-state index >= 15 is 0 Å². The molecule has 2 heterocycles. The molecular formula is C30H47FN3O17P. The molecule has 1 N–H and O–H groups in total. The van der Waals surface area contributed by atoms with Crippen LogP contribution in [0.15, 0.2) is 21.9 Å². The summed E-state index contributed by atoms with van der Waals surface area (Å²) in [6.45, 7) is 7.84. The van der Waals surface area contributed by atoms with Crippen molar-refractivity contribution in [2.45, 2.75) is 92.0 Å².